The second-order valence-electron chi connectivity index (χ2n) is 9.53. The molecule has 174 valence electrons. The van der Waals surface area contributed by atoms with Gasteiger partial charge in [0, 0.05) is 28.6 Å². The Balaban J connectivity index is 1.55. The van der Waals surface area contributed by atoms with Gasteiger partial charge in [-0.1, -0.05) is 6.07 Å². The lowest BCUT2D eigenvalue weighted by Crippen LogP contribution is -2.45. The van der Waals surface area contributed by atoms with Crippen LogP contribution in [0.25, 0.3) is 33.2 Å². The highest BCUT2D eigenvalue weighted by atomic mass is 19.1. The first-order valence-corrected chi connectivity index (χ1v) is 11.2. The summed E-state index contributed by atoms with van der Waals surface area (Å²) in [4.78, 5) is 23.4. The van der Waals surface area contributed by atoms with E-state index in [1.807, 2.05) is 0 Å². The van der Waals surface area contributed by atoms with E-state index in [0.717, 1.165) is 43.4 Å². The minimum atomic E-state index is -0.800. The molecule has 2 aromatic heterocycles. The zero-order valence-corrected chi connectivity index (χ0v) is 18.0. The average Bonchev–Trinajstić information content (AvgIpc) is 3.24. The summed E-state index contributed by atoms with van der Waals surface area (Å²) in [6, 6.07) is 4.94. The van der Waals surface area contributed by atoms with Crippen LogP contribution >= 0.6 is 0 Å². The molecule has 9 heteroatoms. The molecular weight excluding hydrogens is 445 g/mol. The van der Waals surface area contributed by atoms with E-state index < -0.39 is 34.8 Å². The Kier molecular flexibility index (Phi) is 4.43. The van der Waals surface area contributed by atoms with Crippen molar-refractivity contribution in [2.45, 2.75) is 37.5 Å². The molecule has 3 aliphatic rings. The summed E-state index contributed by atoms with van der Waals surface area (Å²) in [5.41, 5.74) is 7.11. The van der Waals surface area contributed by atoms with Gasteiger partial charge in [-0.3, -0.25) is 4.79 Å². The van der Waals surface area contributed by atoms with Crippen LogP contribution < -0.4 is 5.73 Å². The van der Waals surface area contributed by atoms with Crippen molar-refractivity contribution in [3.05, 3.63) is 53.5 Å². The number of benzene rings is 2. The summed E-state index contributed by atoms with van der Waals surface area (Å²) >= 11 is 0. The Morgan fingerprint density at radius 1 is 1.12 bits per heavy atom. The van der Waals surface area contributed by atoms with E-state index >= 15 is 4.39 Å². The normalized spacial score (nSPS) is 24.2. The highest BCUT2D eigenvalue weighted by Crippen LogP contribution is 2.56. The number of aromatic amines is 1. The number of aliphatic carboxylic acids is 1. The number of carboxylic acid groups (broad SMARTS) is 1. The third kappa shape index (κ3) is 2.92. The van der Waals surface area contributed by atoms with Crippen LogP contribution in [-0.4, -0.2) is 26.0 Å². The molecule has 0 spiro atoms. The van der Waals surface area contributed by atoms with E-state index in [1.54, 1.807) is 6.07 Å². The topological polar surface area (TPSA) is 105 Å². The summed E-state index contributed by atoms with van der Waals surface area (Å²) in [6.07, 6.45) is 5.08. The fourth-order valence-electron chi connectivity index (χ4n) is 6.19. The third-order valence-electron chi connectivity index (χ3n) is 7.83. The van der Waals surface area contributed by atoms with Crippen LogP contribution in [0.15, 0.2) is 30.5 Å². The molecule has 2 bridgehead atoms. The molecule has 0 radical (unpaired) electrons. The Hall–Kier alpha value is -3.62. The lowest BCUT2D eigenvalue weighted by atomic mass is 9.53. The van der Waals surface area contributed by atoms with Crippen LogP contribution in [0.2, 0.25) is 0 Å². The Morgan fingerprint density at radius 3 is 2.62 bits per heavy atom. The van der Waals surface area contributed by atoms with Gasteiger partial charge in [-0.25, -0.2) is 23.1 Å². The number of carboxylic acids is 1. The van der Waals surface area contributed by atoms with Crippen molar-refractivity contribution in [2.24, 2.45) is 11.8 Å². The first-order chi connectivity index (χ1) is 16.3. The van der Waals surface area contributed by atoms with Crippen LogP contribution in [-0.2, 0) is 10.2 Å². The summed E-state index contributed by atoms with van der Waals surface area (Å²) in [5.74, 6) is -3.10. The van der Waals surface area contributed by atoms with Gasteiger partial charge in [-0.15, -0.1) is 0 Å². The molecule has 0 aliphatic heterocycles. The first-order valence-electron chi connectivity index (χ1n) is 11.2. The predicted octanol–water partition coefficient (Wildman–Crippen LogP) is 5.31. The van der Waals surface area contributed by atoms with E-state index in [1.165, 1.54) is 12.3 Å². The SMILES string of the molecule is Nc1nc(-c2c[nH]c3c(F)cc(F)cc23)nc2c(F)ccc(C34CCC(CC3)[C@@H](C(=O)O)C4)c12. The van der Waals surface area contributed by atoms with Gasteiger partial charge >= 0.3 is 5.97 Å². The number of nitrogens with one attached hydrogen (secondary N) is 1. The maximum Gasteiger partial charge on any atom is 0.306 e. The van der Waals surface area contributed by atoms with Gasteiger partial charge in [0.05, 0.1) is 11.4 Å². The third-order valence-corrected chi connectivity index (χ3v) is 7.83. The summed E-state index contributed by atoms with van der Waals surface area (Å²) in [7, 11) is 0. The number of anilines is 1. The molecule has 7 rings (SSSR count). The summed E-state index contributed by atoms with van der Waals surface area (Å²) < 4.78 is 43.1. The molecule has 6 nitrogen and oxygen atoms in total. The Morgan fingerprint density at radius 2 is 1.88 bits per heavy atom. The van der Waals surface area contributed by atoms with Crippen molar-refractivity contribution in [1.29, 1.82) is 0 Å². The van der Waals surface area contributed by atoms with E-state index in [4.69, 9.17) is 5.73 Å². The van der Waals surface area contributed by atoms with Crippen molar-refractivity contribution >= 4 is 33.6 Å². The van der Waals surface area contributed by atoms with Gasteiger partial charge in [0.2, 0.25) is 0 Å². The number of aromatic nitrogens is 3. The molecule has 3 saturated carbocycles. The number of nitrogens with two attached hydrogens (primary N) is 1. The van der Waals surface area contributed by atoms with E-state index in [2.05, 4.69) is 15.0 Å². The van der Waals surface area contributed by atoms with Gasteiger partial charge in [0.1, 0.15) is 28.8 Å². The minimum Gasteiger partial charge on any atom is -0.481 e. The van der Waals surface area contributed by atoms with Crippen molar-refractivity contribution < 1.29 is 23.1 Å². The molecule has 0 amide bonds. The van der Waals surface area contributed by atoms with Crippen LogP contribution in [0.1, 0.15) is 37.7 Å². The van der Waals surface area contributed by atoms with Crippen LogP contribution in [0.3, 0.4) is 0 Å². The van der Waals surface area contributed by atoms with Crippen LogP contribution in [0, 0.1) is 29.3 Å². The highest BCUT2D eigenvalue weighted by Gasteiger charge is 2.50. The van der Waals surface area contributed by atoms with Crippen molar-refractivity contribution in [1.82, 2.24) is 15.0 Å². The number of nitrogen functional groups attached to an aromatic ring is 1. The van der Waals surface area contributed by atoms with Crippen molar-refractivity contribution in [2.75, 3.05) is 5.73 Å². The number of nitrogens with zero attached hydrogens (tertiary/aromatic N) is 2. The zero-order chi connectivity index (χ0) is 23.8. The number of H-pyrrole nitrogens is 1. The Labute approximate surface area is 192 Å². The smallest absolute Gasteiger partial charge is 0.306 e. The zero-order valence-electron chi connectivity index (χ0n) is 18.0. The lowest BCUT2D eigenvalue weighted by Gasteiger charge is -2.50. The first kappa shape index (κ1) is 20.9. The van der Waals surface area contributed by atoms with Crippen LogP contribution in [0.5, 0.6) is 0 Å². The molecule has 34 heavy (non-hydrogen) atoms. The van der Waals surface area contributed by atoms with Gasteiger partial charge < -0.3 is 15.8 Å². The molecule has 4 N–H and O–H groups in total. The predicted molar refractivity (Wildman–Crippen MR) is 120 cm³/mol. The molecule has 2 heterocycles. The molecule has 0 saturated heterocycles. The monoisotopic (exact) mass is 466 g/mol. The van der Waals surface area contributed by atoms with Crippen LogP contribution in [0.4, 0.5) is 19.0 Å². The Bertz CT molecular complexity index is 1490. The number of carbonyl (C=O) groups is 1. The fourth-order valence-corrected chi connectivity index (χ4v) is 6.19. The minimum absolute atomic E-state index is 0.0140. The highest BCUT2D eigenvalue weighted by molar-refractivity contribution is 5.98. The summed E-state index contributed by atoms with van der Waals surface area (Å²) in [6.45, 7) is 0. The van der Waals surface area contributed by atoms with Crippen molar-refractivity contribution in [3.8, 4) is 11.4 Å². The van der Waals surface area contributed by atoms with Crippen molar-refractivity contribution in [3.63, 3.8) is 0 Å². The molecule has 0 unspecified atom stereocenters. The maximum absolute atomic E-state index is 15.1. The number of hydrogen-bond donors (Lipinski definition) is 3. The fraction of sp³-hybridized carbons (Fsp3) is 0.320. The second-order valence-corrected chi connectivity index (χ2v) is 9.53. The molecule has 1 atom stereocenters. The molecule has 3 fully saturated rings. The largest absolute Gasteiger partial charge is 0.481 e. The number of rotatable bonds is 3. The number of fused-ring (bicyclic) bond motifs is 5. The number of hydrogen-bond acceptors (Lipinski definition) is 4. The maximum atomic E-state index is 15.1. The molecular formula is C25H21F3N4O2. The second kappa shape index (κ2) is 7.19. The van der Waals surface area contributed by atoms with E-state index in [-0.39, 0.29) is 34.0 Å². The van der Waals surface area contributed by atoms with E-state index in [9.17, 15) is 18.7 Å². The van der Waals surface area contributed by atoms with Gasteiger partial charge in [-0.05, 0) is 61.1 Å². The standard InChI is InChI=1S/C25H21F3N4O2/c26-12-7-13-15(10-30-20(13)18(28)8-12)23-31-21-17(27)2-1-16(19(21)22(29)32-23)25-5-3-11(4-6-25)14(9-25)24(33)34/h1-2,7-8,10-11,14,30H,3-6,9H2,(H,33,34)(H2,29,31,32)/t11?,14-,25?/m0/s1. The summed E-state index contributed by atoms with van der Waals surface area (Å²) in [5, 5.41) is 10.3. The molecule has 4 aromatic rings. The van der Waals surface area contributed by atoms with E-state index in [0.29, 0.717) is 17.4 Å². The molecule has 3 aliphatic carbocycles. The number of halogens is 3. The quantitative estimate of drug-likeness (QED) is 0.380. The molecule has 2 aromatic carbocycles. The average molecular weight is 466 g/mol. The van der Waals surface area contributed by atoms with Gasteiger partial charge in [-0.2, -0.15) is 0 Å². The van der Waals surface area contributed by atoms with Gasteiger partial charge in [0.15, 0.2) is 5.82 Å². The lowest BCUT2D eigenvalue weighted by molar-refractivity contribution is -0.148. The van der Waals surface area contributed by atoms with Gasteiger partial charge in [0.25, 0.3) is 0 Å².